The quantitative estimate of drug-likeness (QED) is 0.852. The van der Waals surface area contributed by atoms with Crippen molar-refractivity contribution in [2.24, 2.45) is 5.92 Å². The van der Waals surface area contributed by atoms with Crippen LogP contribution in [-0.4, -0.2) is 27.2 Å². The van der Waals surface area contributed by atoms with Gasteiger partial charge in [-0.2, -0.15) is 5.10 Å². The number of para-hydroxylation sites is 2. The second-order valence-corrected chi connectivity index (χ2v) is 6.47. The Labute approximate surface area is 142 Å². The van der Waals surface area contributed by atoms with E-state index in [0.717, 1.165) is 23.8 Å². The molecule has 0 aliphatic heterocycles. The fourth-order valence-corrected chi connectivity index (χ4v) is 3.17. The summed E-state index contributed by atoms with van der Waals surface area (Å²) in [7, 11) is 0. The Morgan fingerprint density at radius 3 is 2.71 bits per heavy atom. The van der Waals surface area contributed by atoms with Crippen molar-refractivity contribution < 1.29 is 4.79 Å². The summed E-state index contributed by atoms with van der Waals surface area (Å²) in [5, 5.41) is 10.5. The lowest BCUT2D eigenvalue weighted by atomic mass is 9.89. The molecule has 6 nitrogen and oxygen atoms in total. The minimum absolute atomic E-state index is 0.104. The van der Waals surface area contributed by atoms with Crippen LogP contribution in [0.2, 0.25) is 0 Å². The van der Waals surface area contributed by atoms with Gasteiger partial charge in [0.2, 0.25) is 5.91 Å². The molecule has 1 aliphatic rings. The average molecular weight is 327 g/mol. The molecule has 1 amide bonds. The third-order valence-electron chi connectivity index (χ3n) is 4.70. The first kappa shape index (κ1) is 16.5. The Bertz CT molecular complexity index is 649. The van der Waals surface area contributed by atoms with Gasteiger partial charge in [0, 0.05) is 6.54 Å². The number of hydrogen-bond donors (Lipinski definition) is 2. The fraction of sp³-hybridized carbons (Fsp3) is 0.500. The summed E-state index contributed by atoms with van der Waals surface area (Å²) in [5.41, 5.74) is 1.78. The molecule has 0 bridgehead atoms. The molecule has 1 atom stereocenters. The Morgan fingerprint density at radius 2 is 2.00 bits per heavy atom. The summed E-state index contributed by atoms with van der Waals surface area (Å²) in [4.78, 5) is 16.3. The van der Waals surface area contributed by atoms with Gasteiger partial charge in [-0.25, -0.2) is 9.67 Å². The van der Waals surface area contributed by atoms with E-state index in [1.54, 1.807) is 11.0 Å². The number of nitrogens with one attached hydrogen (secondary N) is 2. The molecule has 1 heterocycles. The van der Waals surface area contributed by atoms with E-state index in [2.05, 4.69) is 20.7 Å². The lowest BCUT2D eigenvalue weighted by molar-refractivity contribution is -0.119. The van der Waals surface area contributed by atoms with Crippen LogP contribution in [0.4, 0.5) is 11.4 Å². The van der Waals surface area contributed by atoms with Gasteiger partial charge in [0.15, 0.2) is 0 Å². The summed E-state index contributed by atoms with van der Waals surface area (Å²) in [6, 6.07) is 7.45. The van der Waals surface area contributed by atoms with Gasteiger partial charge in [-0.15, -0.1) is 0 Å². The Morgan fingerprint density at radius 1 is 1.25 bits per heavy atom. The molecule has 128 valence electrons. The molecule has 1 fully saturated rings. The van der Waals surface area contributed by atoms with Crippen LogP contribution in [0.1, 0.15) is 45.1 Å². The van der Waals surface area contributed by atoms with Crippen LogP contribution in [0.5, 0.6) is 0 Å². The standard InChI is InChI=1S/C18H25N5O/c1-14(23-13-19-12-21-23)18(24)22-17-10-6-5-9-16(17)20-11-15-7-3-2-4-8-15/h5-6,9-10,12-15,20H,2-4,7-8,11H2,1H3,(H,22,24)/t14-/m1/s1. The second-order valence-electron chi connectivity index (χ2n) is 6.47. The van der Waals surface area contributed by atoms with Crippen LogP contribution in [0, 0.1) is 5.92 Å². The lowest BCUT2D eigenvalue weighted by Gasteiger charge is -2.23. The highest BCUT2D eigenvalue weighted by molar-refractivity contribution is 5.96. The van der Waals surface area contributed by atoms with E-state index in [1.807, 2.05) is 31.2 Å². The maximum atomic E-state index is 12.4. The van der Waals surface area contributed by atoms with Crippen LogP contribution in [0.25, 0.3) is 0 Å². The zero-order chi connectivity index (χ0) is 16.8. The maximum Gasteiger partial charge on any atom is 0.249 e. The van der Waals surface area contributed by atoms with Gasteiger partial charge in [0.05, 0.1) is 11.4 Å². The van der Waals surface area contributed by atoms with Gasteiger partial charge >= 0.3 is 0 Å². The van der Waals surface area contributed by atoms with Gasteiger partial charge < -0.3 is 10.6 Å². The molecule has 24 heavy (non-hydrogen) atoms. The van der Waals surface area contributed by atoms with Crippen molar-refractivity contribution in [1.82, 2.24) is 14.8 Å². The molecule has 0 saturated heterocycles. The van der Waals surface area contributed by atoms with Gasteiger partial charge in [0.1, 0.15) is 18.7 Å². The molecular formula is C18H25N5O. The zero-order valence-electron chi connectivity index (χ0n) is 14.1. The van der Waals surface area contributed by atoms with Gasteiger partial charge in [0.25, 0.3) is 0 Å². The van der Waals surface area contributed by atoms with Gasteiger partial charge in [-0.1, -0.05) is 31.4 Å². The van der Waals surface area contributed by atoms with Crippen LogP contribution >= 0.6 is 0 Å². The normalized spacial score (nSPS) is 16.5. The largest absolute Gasteiger partial charge is 0.383 e. The minimum Gasteiger partial charge on any atom is -0.383 e. The van der Waals surface area contributed by atoms with Crippen molar-refractivity contribution in [3.8, 4) is 0 Å². The van der Waals surface area contributed by atoms with Crippen LogP contribution < -0.4 is 10.6 Å². The van der Waals surface area contributed by atoms with Gasteiger partial charge in [-0.05, 0) is 37.8 Å². The molecule has 0 radical (unpaired) electrons. The Kier molecular flexibility index (Phi) is 5.46. The summed E-state index contributed by atoms with van der Waals surface area (Å²) in [6.45, 7) is 2.77. The predicted octanol–water partition coefficient (Wildman–Crippen LogP) is 3.47. The second kappa shape index (κ2) is 7.95. The molecule has 2 N–H and O–H groups in total. The van der Waals surface area contributed by atoms with Crippen molar-refractivity contribution in [1.29, 1.82) is 0 Å². The Hall–Kier alpha value is -2.37. The number of amides is 1. The number of rotatable bonds is 6. The maximum absolute atomic E-state index is 12.4. The van der Waals surface area contributed by atoms with E-state index in [0.29, 0.717) is 0 Å². The average Bonchev–Trinajstić information content (AvgIpc) is 3.16. The number of anilines is 2. The van der Waals surface area contributed by atoms with E-state index in [1.165, 1.54) is 38.4 Å². The summed E-state index contributed by atoms with van der Waals surface area (Å²) < 4.78 is 1.55. The summed E-state index contributed by atoms with van der Waals surface area (Å²) >= 11 is 0. The monoisotopic (exact) mass is 327 g/mol. The number of carbonyl (C=O) groups excluding carboxylic acids is 1. The molecule has 3 rings (SSSR count). The third kappa shape index (κ3) is 4.13. The zero-order valence-corrected chi connectivity index (χ0v) is 14.1. The van der Waals surface area contributed by atoms with Crippen molar-refractivity contribution in [2.75, 3.05) is 17.2 Å². The smallest absolute Gasteiger partial charge is 0.249 e. The molecule has 1 saturated carbocycles. The van der Waals surface area contributed by atoms with Crippen molar-refractivity contribution in [3.05, 3.63) is 36.9 Å². The lowest BCUT2D eigenvalue weighted by Crippen LogP contribution is -2.25. The summed E-state index contributed by atoms with van der Waals surface area (Å²) in [6.07, 6.45) is 9.61. The number of benzene rings is 1. The van der Waals surface area contributed by atoms with E-state index in [-0.39, 0.29) is 5.91 Å². The Balaban J connectivity index is 1.62. The molecule has 0 spiro atoms. The summed E-state index contributed by atoms with van der Waals surface area (Å²) in [5.74, 6) is 0.629. The molecule has 6 heteroatoms. The molecular weight excluding hydrogens is 302 g/mol. The van der Waals surface area contributed by atoms with Crippen LogP contribution in [0.3, 0.4) is 0 Å². The van der Waals surface area contributed by atoms with E-state index < -0.39 is 6.04 Å². The first-order valence-electron chi connectivity index (χ1n) is 8.72. The van der Waals surface area contributed by atoms with Crippen LogP contribution in [0.15, 0.2) is 36.9 Å². The number of nitrogens with zero attached hydrogens (tertiary/aromatic N) is 3. The SMILES string of the molecule is C[C@H](C(=O)Nc1ccccc1NCC1CCCCC1)n1cncn1. The predicted molar refractivity (Wildman–Crippen MR) is 94.9 cm³/mol. The van der Waals surface area contributed by atoms with Crippen molar-refractivity contribution in [3.63, 3.8) is 0 Å². The van der Waals surface area contributed by atoms with Crippen molar-refractivity contribution >= 4 is 17.3 Å². The molecule has 1 aromatic carbocycles. The van der Waals surface area contributed by atoms with Gasteiger partial charge in [-0.3, -0.25) is 4.79 Å². The van der Waals surface area contributed by atoms with E-state index >= 15 is 0 Å². The number of carbonyl (C=O) groups is 1. The molecule has 1 aromatic heterocycles. The molecule has 1 aliphatic carbocycles. The fourth-order valence-electron chi connectivity index (χ4n) is 3.17. The topological polar surface area (TPSA) is 71.8 Å². The first-order chi connectivity index (χ1) is 11.7. The van der Waals surface area contributed by atoms with E-state index in [9.17, 15) is 4.79 Å². The molecule has 2 aromatic rings. The highest BCUT2D eigenvalue weighted by Crippen LogP contribution is 2.26. The van der Waals surface area contributed by atoms with E-state index in [4.69, 9.17) is 0 Å². The number of hydrogen-bond acceptors (Lipinski definition) is 4. The third-order valence-corrected chi connectivity index (χ3v) is 4.70. The van der Waals surface area contributed by atoms with Crippen molar-refractivity contribution in [2.45, 2.75) is 45.1 Å². The molecule has 0 unspecified atom stereocenters. The number of aromatic nitrogens is 3. The minimum atomic E-state index is -0.404. The van der Waals surface area contributed by atoms with Crippen LogP contribution in [-0.2, 0) is 4.79 Å². The highest BCUT2D eigenvalue weighted by Gasteiger charge is 2.17. The first-order valence-corrected chi connectivity index (χ1v) is 8.72. The highest BCUT2D eigenvalue weighted by atomic mass is 16.2.